The Kier molecular flexibility index (Phi) is 4.74. The number of hydrogen-bond acceptors (Lipinski definition) is 4. The molecule has 0 spiro atoms. The lowest BCUT2D eigenvalue weighted by molar-refractivity contribution is 0.0918. The third-order valence-electron chi connectivity index (χ3n) is 2.73. The summed E-state index contributed by atoms with van der Waals surface area (Å²) in [6, 6.07) is 7.11. The maximum absolute atomic E-state index is 11.8. The minimum atomic E-state index is -0.364. The van der Waals surface area contributed by atoms with Crippen molar-refractivity contribution in [2.24, 2.45) is 5.92 Å². The Hall–Kier alpha value is -1.88. The van der Waals surface area contributed by atoms with Crippen molar-refractivity contribution < 1.29 is 9.21 Å². The molecule has 0 saturated heterocycles. The van der Waals surface area contributed by atoms with Crippen LogP contribution in [0.25, 0.3) is 11.5 Å². The van der Waals surface area contributed by atoms with E-state index >= 15 is 0 Å². The molecule has 2 rings (SSSR count). The zero-order valence-corrected chi connectivity index (χ0v) is 12.1. The lowest BCUT2D eigenvalue weighted by atomic mass is 10.1. The first-order valence-corrected chi connectivity index (χ1v) is 6.82. The van der Waals surface area contributed by atoms with Crippen LogP contribution in [0.15, 0.2) is 28.7 Å². The number of aromatic nitrogens is 2. The molecule has 1 amide bonds. The highest BCUT2D eigenvalue weighted by Gasteiger charge is 2.16. The second-order valence-corrected chi connectivity index (χ2v) is 5.24. The Morgan fingerprint density at radius 1 is 1.35 bits per heavy atom. The Morgan fingerprint density at radius 2 is 2.10 bits per heavy atom. The van der Waals surface area contributed by atoms with Crippen LogP contribution in [0.4, 0.5) is 0 Å². The summed E-state index contributed by atoms with van der Waals surface area (Å²) >= 11 is 6.04. The van der Waals surface area contributed by atoms with E-state index in [0.29, 0.717) is 23.0 Å². The van der Waals surface area contributed by atoms with Gasteiger partial charge in [-0.05, 0) is 24.5 Å². The molecule has 0 fully saturated rings. The maximum Gasteiger partial charge on any atom is 0.308 e. The molecule has 0 radical (unpaired) electrons. The Labute approximate surface area is 122 Å². The Balaban J connectivity index is 2.06. The summed E-state index contributed by atoms with van der Waals surface area (Å²) in [6.07, 6.45) is 0.900. The zero-order chi connectivity index (χ0) is 14.5. The molecule has 1 N–H and O–H groups in total. The molecule has 20 heavy (non-hydrogen) atoms. The molecular weight excluding hydrogens is 278 g/mol. The molecule has 0 atom stereocenters. The summed E-state index contributed by atoms with van der Waals surface area (Å²) in [5.41, 5.74) is 0.614. The van der Waals surface area contributed by atoms with Crippen molar-refractivity contribution in [1.82, 2.24) is 15.5 Å². The van der Waals surface area contributed by atoms with Gasteiger partial charge in [0.25, 0.3) is 0 Å². The number of hydrogen-bond donors (Lipinski definition) is 1. The number of halogens is 1. The van der Waals surface area contributed by atoms with Crippen molar-refractivity contribution in [2.75, 3.05) is 6.54 Å². The number of amides is 1. The molecule has 0 unspecified atom stereocenters. The molecule has 2 aromatic rings. The average Bonchev–Trinajstić information content (AvgIpc) is 2.88. The highest BCUT2D eigenvalue weighted by Crippen LogP contribution is 2.26. The summed E-state index contributed by atoms with van der Waals surface area (Å²) in [5, 5.41) is 10.8. The van der Waals surface area contributed by atoms with Crippen LogP contribution < -0.4 is 5.32 Å². The lowest BCUT2D eigenvalue weighted by Crippen LogP contribution is -2.25. The van der Waals surface area contributed by atoms with Crippen molar-refractivity contribution in [3.8, 4) is 11.5 Å². The monoisotopic (exact) mass is 293 g/mol. The lowest BCUT2D eigenvalue weighted by Gasteiger charge is -2.04. The molecular formula is C14H16ClN3O2. The maximum atomic E-state index is 11.8. The summed E-state index contributed by atoms with van der Waals surface area (Å²) in [5.74, 6) is 0.349. The van der Waals surface area contributed by atoms with E-state index < -0.39 is 0 Å². The fourth-order valence-corrected chi connectivity index (χ4v) is 1.83. The van der Waals surface area contributed by atoms with Gasteiger partial charge in [0.1, 0.15) is 0 Å². The van der Waals surface area contributed by atoms with Crippen molar-refractivity contribution >= 4 is 17.5 Å². The minimum absolute atomic E-state index is 0.0522. The number of carbonyl (C=O) groups excluding carboxylic acids is 1. The van der Waals surface area contributed by atoms with Crippen molar-refractivity contribution in [3.05, 3.63) is 35.2 Å². The predicted octanol–water partition coefficient (Wildman–Crippen LogP) is 3.17. The normalized spacial score (nSPS) is 10.8. The third kappa shape index (κ3) is 3.57. The molecule has 0 aliphatic rings. The SMILES string of the molecule is CC(C)CCNC(=O)c1nnc(-c2ccccc2Cl)o1. The van der Waals surface area contributed by atoms with Gasteiger partial charge in [0.05, 0.1) is 10.6 Å². The predicted molar refractivity (Wildman–Crippen MR) is 76.5 cm³/mol. The van der Waals surface area contributed by atoms with Gasteiger partial charge in [-0.1, -0.05) is 37.6 Å². The van der Waals surface area contributed by atoms with Crippen molar-refractivity contribution in [2.45, 2.75) is 20.3 Å². The third-order valence-corrected chi connectivity index (χ3v) is 3.06. The van der Waals surface area contributed by atoms with E-state index in [9.17, 15) is 4.79 Å². The van der Waals surface area contributed by atoms with Crippen LogP contribution in [-0.2, 0) is 0 Å². The van der Waals surface area contributed by atoms with Crippen LogP contribution in [0.5, 0.6) is 0 Å². The van der Waals surface area contributed by atoms with Crippen LogP contribution >= 0.6 is 11.6 Å². The molecule has 6 heteroatoms. The van der Waals surface area contributed by atoms with E-state index in [2.05, 4.69) is 29.4 Å². The van der Waals surface area contributed by atoms with Crippen LogP contribution in [0.2, 0.25) is 5.02 Å². The second-order valence-electron chi connectivity index (χ2n) is 4.83. The molecule has 1 heterocycles. The highest BCUT2D eigenvalue weighted by atomic mass is 35.5. The van der Waals surface area contributed by atoms with Crippen LogP contribution in [-0.4, -0.2) is 22.6 Å². The summed E-state index contributed by atoms with van der Waals surface area (Å²) in [4.78, 5) is 11.8. The van der Waals surface area contributed by atoms with Gasteiger partial charge in [0, 0.05) is 6.54 Å². The summed E-state index contributed by atoms with van der Waals surface area (Å²) < 4.78 is 5.35. The average molecular weight is 294 g/mol. The Bertz CT molecular complexity index is 596. The molecule has 5 nitrogen and oxygen atoms in total. The summed E-state index contributed by atoms with van der Waals surface area (Å²) in [7, 11) is 0. The molecule has 0 aliphatic carbocycles. The van der Waals surface area contributed by atoms with Crippen LogP contribution in [0, 0.1) is 5.92 Å². The van der Waals surface area contributed by atoms with Gasteiger partial charge >= 0.3 is 11.8 Å². The fourth-order valence-electron chi connectivity index (χ4n) is 1.61. The smallest absolute Gasteiger partial charge is 0.308 e. The van der Waals surface area contributed by atoms with E-state index in [1.165, 1.54) is 0 Å². The number of nitrogens with one attached hydrogen (secondary N) is 1. The van der Waals surface area contributed by atoms with E-state index in [4.69, 9.17) is 16.0 Å². The second kappa shape index (κ2) is 6.52. The van der Waals surface area contributed by atoms with Crippen molar-refractivity contribution in [1.29, 1.82) is 0 Å². The Morgan fingerprint density at radius 3 is 2.80 bits per heavy atom. The van der Waals surface area contributed by atoms with Gasteiger partial charge in [-0.2, -0.15) is 0 Å². The standard InChI is InChI=1S/C14H16ClN3O2/c1-9(2)7-8-16-12(19)14-18-17-13(20-14)10-5-3-4-6-11(10)15/h3-6,9H,7-8H2,1-2H3,(H,16,19). The van der Waals surface area contributed by atoms with E-state index in [1.54, 1.807) is 12.1 Å². The molecule has 1 aromatic carbocycles. The number of carbonyl (C=O) groups is 1. The fraction of sp³-hybridized carbons (Fsp3) is 0.357. The first-order valence-electron chi connectivity index (χ1n) is 6.44. The van der Waals surface area contributed by atoms with E-state index in [1.807, 2.05) is 12.1 Å². The van der Waals surface area contributed by atoms with Gasteiger partial charge in [-0.25, -0.2) is 0 Å². The van der Waals surface area contributed by atoms with Gasteiger partial charge in [0.15, 0.2) is 0 Å². The van der Waals surface area contributed by atoms with Gasteiger partial charge in [-0.3, -0.25) is 4.79 Å². The van der Waals surface area contributed by atoms with Gasteiger partial charge in [0.2, 0.25) is 5.89 Å². The quantitative estimate of drug-likeness (QED) is 0.919. The van der Waals surface area contributed by atoms with Crippen LogP contribution in [0.1, 0.15) is 31.0 Å². The zero-order valence-electron chi connectivity index (χ0n) is 11.4. The number of rotatable bonds is 5. The molecule has 0 bridgehead atoms. The molecule has 0 aliphatic heterocycles. The highest BCUT2D eigenvalue weighted by molar-refractivity contribution is 6.33. The largest absolute Gasteiger partial charge is 0.412 e. The van der Waals surface area contributed by atoms with Gasteiger partial charge < -0.3 is 9.73 Å². The van der Waals surface area contributed by atoms with Crippen LogP contribution in [0.3, 0.4) is 0 Å². The molecule has 0 saturated carbocycles. The first-order chi connectivity index (χ1) is 9.58. The first kappa shape index (κ1) is 14.5. The molecule has 1 aromatic heterocycles. The van der Waals surface area contributed by atoms with E-state index in [-0.39, 0.29) is 17.7 Å². The topological polar surface area (TPSA) is 68.0 Å². The number of benzene rings is 1. The summed E-state index contributed by atoms with van der Waals surface area (Å²) in [6.45, 7) is 4.77. The van der Waals surface area contributed by atoms with Gasteiger partial charge in [-0.15, -0.1) is 10.2 Å². The minimum Gasteiger partial charge on any atom is -0.412 e. The van der Waals surface area contributed by atoms with Crippen molar-refractivity contribution in [3.63, 3.8) is 0 Å². The van der Waals surface area contributed by atoms with E-state index in [0.717, 1.165) is 6.42 Å². The molecule has 106 valence electrons. The number of nitrogens with zero attached hydrogens (tertiary/aromatic N) is 2.